The van der Waals surface area contributed by atoms with E-state index in [0.717, 1.165) is 5.52 Å². The van der Waals surface area contributed by atoms with Gasteiger partial charge in [-0.05, 0) is 6.08 Å². The number of rotatable bonds is 1. The summed E-state index contributed by atoms with van der Waals surface area (Å²) in [5.74, 6) is 0.694. The number of aromatic nitrogens is 3. The Kier molecular flexibility index (Phi) is 0.887. The zero-order valence-corrected chi connectivity index (χ0v) is 5.16. The Labute approximate surface area is 56.5 Å². The zero-order chi connectivity index (χ0) is 6.97. The molecular weight excluding hydrogens is 130 g/mol. The van der Waals surface area contributed by atoms with Crippen molar-refractivity contribution in [3.63, 3.8) is 0 Å². The Bertz CT molecular complexity index is 331. The van der Waals surface area contributed by atoms with Crippen LogP contribution in [0.2, 0.25) is 0 Å². The van der Waals surface area contributed by atoms with Gasteiger partial charge in [0.2, 0.25) is 0 Å². The summed E-state index contributed by atoms with van der Waals surface area (Å²) in [6.45, 7) is 3.55. The fourth-order valence-electron chi connectivity index (χ4n) is 0.775. The Morgan fingerprint density at radius 2 is 2.50 bits per heavy atom. The highest BCUT2D eigenvalue weighted by Crippen LogP contribution is 2.13. The molecule has 2 aromatic heterocycles. The summed E-state index contributed by atoms with van der Waals surface area (Å²) in [6, 6.07) is 1.77. The van der Waals surface area contributed by atoms with E-state index in [9.17, 15) is 0 Å². The summed E-state index contributed by atoms with van der Waals surface area (Å²) in [5, 5.41) is 9.99. The predicted octanol–water partition coefficient (Wildman–Crippen LogP) is 1.19. The van der Waals surface area contributed by atoms with Crippen molar-refractivity contribution in [2.24, 2.45) is 0 Å². The highest BCUT2D eigenvalue weighted by atomic mass is 16.3. The molecular formula is C6H5N3O. The predicted molar refractivity (Wildman–Crippen MR) is 36.2 cm³/mol. The smallest absolute Gasteiger partial charge is 0.266 e. The van der Waals surface area contributed by atoms with Crippen LogP contribution in [0.5, 0.6) is 0 Å². The first-order chi connectivity index (χ1) is 4.90. The number of nitrogens with zero attached hydrogens (tertiary/aromatic N) is 2. The van der Waals surface area contributed by atoms with Crippen molar-refractivity contribution in [2.75, 3.05) is 0 Å². The highest BCUT2D eigenvalue weighted by Gasteiger charge is 2.02. The third kappa shape index (κ3) is 0.556. The molecule has 0 aliphatic rings. The molecule has 0 aliphatic heterocycles. The molecule has 4 heteroatoms. The Balaban J connectivity index is 2.78. The SMILES string of the molecule is C=Cc1cc2n[nH]nc2o1. The van der Waals surface area contributed by atoms with Crippen molar-refractivity contribution >= 4 is 17.3 Å². The van der Waals surface area contributed by atoms with E-state index < -0.39 is 0 Å². The molecule has 2 heterocycles. The average Bonchev–Trinajstić information content (AvgIpc) is 2.42. The monoisotopic (exact) mass is 135 g/mol. The van der Waals surface area contributed by atoms with E-state index in [-0.39, 0.29) is 0 Å². The summed E-state index contributed by atoms with van der Waals surface area (Å²) in [6.07, 6.45) is 1.61. The van der Waals surface area contributed by atoms with Crippen LogP contribution in [0.25, 0.3) is 17.3 Å². The van der Waals surface area contributed by atoms with Crippen LogP contribution in [0.1, 0.15) is 5.76 Å². The van der Waals surface area contributed by atoms with E-state index in [0.29, 0.717) is 11.5 Å². The van der Waals surface area contributed by atoms with Gasteiger partial charge in [-0.2, -0.15) is 10.3 Å². The molecule has 0 unspecified atom stereocenters. The molecule has 2 aromatic rings. The Morgan fingerprint density at radius 1 is 1.60 bits per heavy atom. The number of furan rings is 1. The van der Waals surface area contributed by atoms with E-state index in [1.165, 1.54) is 0 Å². The van der Waals surface area contributed by atoms with Gasteiger partial charge < -0.3 is 4.42 Å². The van der Waals surface area contributed by atoms with Crippen LogP contribution in [0.15, 0.2) is 17.1 Å². The fraction of sp³-hybridized carbons (Fsp3) is 0. The van der Waals surface area contributed by atoms with E-state index in [1.807, 2.05) is 0 Å². The van der Waals surface area contributed by atoms with Gasteiger partial charge in [0, 0.05) is 6.07 Å². The van der Waals surface area contributed by atoms with E-state index in [1.54, 1.807) is 12.1 Å². The number of nitrogens with one attached hydrogen (secondary N) is 1. The van der Waals surface area contributed by atoms with Gasteiger partial charge in [-0.25, -0.2) is 0 Å². The lowest BCUT2D eigenvalue weighted by atomic mass is 10.4. The van der Waals surface area contributed by atoms with Crippen LogP contribution in [-0.4, -0.2) is 15.4 Å². The maximum Gasteiger partial charge on any atom is 0.266 e. The van der Waals surface area contributed by atoms with Gasteiger partial charge in [-0.1, -0.05) is 6.58 Å². The van der Waals surface area contributed by atoms with Crippen LogP contribution >= 0.6 is 0 Å². The molecule has 50 valence electrons. The molecule has 2 rings (SSSR count). The molecule has 0 amide bonds. The summed E-state index contributed by atoms with van der Waals surface area (Å²) < 4.78 is 5.13. The van der Waals surface area contributed by atoms with Crippen LogP contribution in [-0.2, 0) is 0 Å². The van der Waals surface area contributed by atoms with Crippen molar-refractivity contribution in [3.8, 4) is 0 Å². The molecule has 0 saturated heterocycles. The van der Waals surface area contributed by atoms with Crippen molar-refractivity contribution in [1.29, 1.82) is 0 Å². The minimum atomic E-state index is 0.523. The van der Waals surface area contributed by atoms with Crippen LogP contribution in [0.4, 0.5) is 0 Å². The first-order valence-corrected chi connectivity index (χ1v) is 2.83. The minimum absolute atomic E-state index is 0.523. The standard InChI is InChI=1S/C6H5N3O/c1-2-4-3-5-6(10-4)8-9-7-5/h2-3H,1H2,(H,7,8,9). The van der Waals surface area contributed by atoms with Gasteiger partial charge in [-0.3, -0.25) is 0 Å². The topological polar surface area (TPSA) is 54.7 Å². The third-order valence-corrected chi connectivity index (χ3v) is 1.24. The van der Waals surface area contributed by atoms with E-state index in [2.05, 4.69) is 22.0 Å². The molecule has 10 heavy (non-hydrogen) atoms. The van der Waals surface area contributed by atoms with Gasteiger partial charge in [-0.15, -0.1) is 5.10 Å². The Hall–Kier alpha value is -1.58. The lowest BCUT2D eigenvalue weighted by Crippen LogP contribution is -1.67. The number of H-pyrrole nitrogens is 1. The normalized spacial score (nSPS) is 10.4. The molecule has 0 spiro atoms. The molecule has 0 saturated carbocycles. The molecule has 0 radical (unpaired) electrons. The summed E-state index contributed by atoms with van der Waals surface area (Å²) in [5.41, 5.74) is 1.25. The van der Waals surface area contributed by atoms with E-state index >= 15 is 0 Å². The summed E-state index contributed by atoms with van der Waals surface area (Å²) >= 11 is 0. The second-order valence-corrected chi connectivity index (χ2v) is 1.87. The largest absolute Gasteiger partial charge is 0.436 e. The lowest BCUT2D eigenvalue weighted by molar-refractivity contribution is 0.588. The maximum atomic E-state index is 5.13. The zero-order valence-electron chi connectivity index (χ0n) is 5.16. The number of fused-ring (bicyclic) bond motifs is 1. The van der Waals surface area contributed by atoms with Gasteiger partial charge >= 0.3 is 0 Å². The fourth-order valence-corrected chi connectivity index (χ4v) is 0.775. The quantitative estimate of drug-likeness (QED) is 0.639. The molecule has 4 nitrogen and oxygen atoms in total. The molecule has 0 aliphatic carbocycles. The second-order valence-electron chi connectivity index (χ2n) is 1.87. The minimum Gasteiger partial charge on any atom is -0.436 e. The number of aromatic amines is 1. The summed E-state index contributed by atoms with van der Waals surface area (Å²) in [4.78, 5) is 0. The van der Waals surface area contributed by atoms with Crippen molar-refractivity contribution < 1.29 is 4.42 Å². The first kappa shape index (κ1) is 5.22. The molecule has 0 fully saturated rings. The van der Waals surface area contributed by atoms with Crippen LogP contribution in [0, 0.1) is 0 Å². The molecule has 1 N–H and O–H groups in total. The molecule has 0 aromatic carbocycles. The third-order valence-electron chi connectivity index (χ3n) is 1.24. The number of hydrogen-bond donors (Lipinski definition) is 1. The lowest BCUT2D eigenvalue weighted by Gasteiger charge is -1.75. The number of hydrogen-bond acceptors (Lipinski definition) is 3. The average molecular weight is 135 g/mol. The van der Waals surface area contributed by atoms with Crippen LogP contribution in [0.3, 0.4) is 0 Å². The van der Waals surface area contributed by atoms with Crippen molar-refractivity contribution in [2.45, 2.75) is 0 Å². The molecule has 0 atom stereocenters. The maximum absolute atomic E-state index is 5.13. The van der Waals surface area contributed by atoms with Gasteiger partial charge in [0.15, 0.2) is 5.52 Å². The van der Waals surface area contributed by atoms with Crippen molar-refractivity contribution in [3.05, 3.63) is 18.4 Å². The second kappa shape index (κ2) is 1.70. The summed E-state index contributed by atoms with van der Waals surface area (Å²) in [7, 11) is 0. The van der Waals surface area contributed by atoms with E-state index in [4.69, 9.17) is 4.42 Å². The first-order valence-electron chi connectivity index (χ1n) is 2.83. The van der Waals surface area contributed by atoms with Crippen LogP contribution < -0.4 is 0 Å². The molecule has 0 bridgehead atoms. The van der Waals surface area contributed by atoms with Gasteiger partial charge in [0.05, 0.1) is 0 Å². The Morgan fingerprint density at radius 3 is 3.20 bits per heavy atom. The van der Waals surface area contributed by atoms with Gasteiger partial charge in [0.25, 0.3) is 5.71 Å². The van der Waals surface area contributed by atoms with Crippen molar-refractivity contribution in [1.82, 2.24) is 15.4 Å². The highest BCUT2D eigenvalue weighted by molar-refractivity contribution is 5.70. The van der Waals surface area contributed by atoms with Gasteiger partial charge in [0.1, 0.15) is 5.76 Å².